The molecule has 3 aromatic heterocycles. The number of aromatic nitrogens is 5. The van der Waals surface area contributed by atoms with E-state index in [4.69, 9.17) is 4.98 Å². The second kappa shape index (κ2) is 8.86. The Bertz CT molecular complexity index is 1120. The maximum atomic E-state index is 12.4. The van der Waals surface area contributed by atoms with Crippen LogP contribution in [-0.4, -0.2) is 56.1 Å². The molecule has 9 nitrogen and oxygen atoms in total. The van der Waals surface area contributed by atoms with E-state index >= 15 is 0 Å². The number of pyridine rings is 1. The number of fused-ring (bicyclic) bond motifs is 1. The number of nitrogens with zero attached hydrogens (tertiary/aromatic N) is 6. The quantitative estimate of drug-likeness (QED) is 0.472. The van der Waals surface area contributed by atoms with Crippen molar-refractivity contribution in [1.82, 2.24) is 29.6 Å². The van der Waals surface area contributed by atoms with Crippen LogP contribution in [0.2, 0.25) is 0 Å². The lowest BCUT2D eigenvalue weighted by Crippen LogP contribution is -2.33. The molecule has 0 aliphatic carbocycles. The molecule has 1 amide bonds. The number of anilines is 1. The number of carbonyl (C=O) groups is 1. The number of piperidine rings is 1. The van der Waals surface area contributed by atoms with E-state index in [0.29, 0.717) is 18.2 Å². The molecule has 1 saturated heterocycles. The number of thioether (sulfide) groups is 1. The van der Waals surface area contributed by atoms with E-state index in [1.165, 1.54) is 41.7 Å². The molecule has 0 radical (unpaired) electrons. The molecule has 1 aliphatic rings. The molecular formula is C20H25N7O2S. The van der Waals surface area contributed by atoms with Crippen molar-refractivity contribution in [2.45, 2.75) is 31.0 Å². The van der Waals surface area contributed by atoms with Crippen LogP contribution in [0.4, 0.5) is 5.82 Å². The van der Waals surface area contributed by atoms with Crippen LogP contribution in [0.1, 0.15) is 29.6 Å². The fourth-order valence-corrected chi connectivity index (χ4v) is 4.02. The van der Waals surface area contributed by atoms with Gasteiger partial charge in [0, 0.05) is 32.9 Å². The summed E-state index contributed by atoms with van der Waals surface area (Å²) in [5.74, 6) is 0.549. The van der Waals surface area contributed by atoms with Crippen LogP contribution in [-0.2, 0) is 13.6 Å². The van der Waals surface area contributed by atoms with Gasteiger partial charge in [0.25, 0.3) is 11.5 Å². The first-order valence-corrected chi connectivity index (χ1v) is 11.3. The molecule has 1 aliphatic heterocycles. The van der Waals surface area contributed by atoms with Crippen molar-refractivity contribution in [2.24, 2.45) is 7.05 Å². The summed E-state index contributed by atoms with van der Waals surface area (Å²) < 4.78 is 3.17. The summed E-state index contributed by atoms with van der Waals surface area (Å²) in [5, 5.41) is 8.93. The summed E-state index contributed by atoms with van der Waals surface area (Å²) in [6, 6.07) is 3.21. The van der Waals surface area contributed by atoms with Gasteiger partial charge in [-0.3, -0.25) is 9.59 Å². The maximum absolute atomic E-state index is 12.4. The van der Waals surface area contributed by atoms with Crippen LogP contribution in [0.5, 0.6) is 0 Å². The first-order chi connectivity index (χ1) is 14.6. The number of nitrogens with one attached hydrogen (secondary N) is 1. The zero-order chi connectivity index (χ0) is 21.1. The summed E-state index contributed by atoms with van der Waals surface area (Å²) >= 11 is 1.51. The molecule has 0 saturated carbocycles. The molecule has 1 N–H and O–H groups in total. The SMILES string of the molecule is CSc1nc(N2CCCCC2)c2cnn(CCNC(=O)c3cccn(C)c3=O)c2n1. The Hall–Kier alpha value is -2.88. The van der Waals surface area contributed by atoms with Crippen molar-refractivity contribution in [3.63, 3.8) is 0 Å². The van der Waals surface area contributed by atoms with Gasteiger partial charge in [-0.15, -0.1) is 0 Å². The Morgan fingerprint density at radius 1 is 1.23 bits per heavy atom. The largest absolute Gasteiger partial charge is 0.356 e. The Morgan fingerprint density at radius 2 is 2.03 bits per heavy atom. The van der Waals surface area contributed by atoms with Gasteiger partial charge < -0.3 is 14.8 Å². The molecule has 4 rings (SSSR count). The molecule has 0 aromatic carbocycles. The van der Waals surface area contributed by atoms with Gasteiger partial charge in [0.2, 0.25) is 0 Å². The number of carbonyl (C=O) groups excluding carboxylic acids is 1. The minimum Gasteiger partial charge on any atom is -0.356 e. The minimum atomic E-state index is -0.388. The average molecular weight is 428 g/mol. The average Bonchev–Trinajstić information content (AvgIpc) is 3.18. The van der Waals surface area contributed by atoms with E-state index in [9.17, 15) is 9.59 Å². The summed E-state index contributed by atoms with van der Waals surface area (Å²) in [4.78, 5) is 36.2. The molecule has 4 heterocycles. The van der Waals surface area contributed by atoms with Crippen LogP contribution < -0.4 is 15.8 Å². The third-order valence-corrected chi connectivity index (χ3v) is 5.82. The third kappa shape index (κ3) is 4.04. The molecule has 30 heavy (non-hydrogen) atoms. The van der Waals surface area contributed by atoms with Gasteiger partial charge >= 0.3 is 0 Å². The number of hydrogen-bond acceptors (Lipinski definition) is 7. The van der Waals surface area contributed by atoms with E-state index in [1.54, 1.807) is 30.2 Å². The zero-order valence-corrected chi connectivity index (χ0v) is 18.0. The Kier molecular flexibility index (Phi) is 6.03. The molecule has 158 valence electrons. The molecule has 1 fully saturated rings. The summed E-state index contributed by atoms with van der Waals surface area (Å²) in [5.41, 5.74) is 0.576. The minimum absolute atomic E-state index is 0.129. The number of aryl methyl sites for hydroxylation is 1. The predicted molar refractivity (Wildman–Crippen MR) is 117 cm³/mol. The van der Waals surface area contributed by atoms with E-state index in [-0.39, 0.29) is 17.0 Å². The Balaban J connectivity index is 1.52. The van der Waals surface area contributed by atoms with Gasteiger partial charge in [-0.05, 0) is 37.7 Å². The highest BCUT2D eigenvalue weighted by Crippen LogP contribution is 2.28. The predicted octanol–water partition coefficient (Wildman–Crippen LogP) is 1.67. The van der Waals surface area contributed by atoms with Gasteiger partial charge in [-0.2, -0.15) is 5.10 Å². The molecule has 0 atom stereocenters. The van der Waals surface area contributed by atoms with Crippen LogP contribution in [0.25, 0.3) is 11.0 Å². The van der Waals surface area contributed by atoms with Gasteiger partial charge in [0.05, 0.1) is 18.1 Å². The van der Waals surface area contributed by atoms with Crippen molar-refractivity contribution < 1.29 is 4.79 Å². The monoisotopic (exact) mass is 427 g/mol. The standard InChI is InChI=1S/C20H25N7O2S/c1-25-9-6-7-14(19(25)29)18(28)21-8-12-27-17-15(13-22-27)16(23-20(24-17)30-2)26-10-4-3-5-11-26/h6-7,9,13H,3-5,8,10-12H2,1-2H3,(H,21,28). The second-order valence-corrected chi connectivity index (χ2v) is 8.05. The third-order valence-electron chi connectivity index (χ3n) is 5.27. The van der Waals surface area contributed by atoms with E-state index < -0.39 is 0 Å². The van der Waals surface area contributed by atoms with Crippen LogP contribution in [0, 0.1) is 0 Å². The topological polar surface area (TPSA) is 97.9 Å². The first kappa shape index (κ1) is 20.4. The van der Waals surface area contributed by atoms with E-state index in [0.717, 1.165) is 29.9 Å². The molecular weight excluding hydrogens is 402 g/mol. The molecule has 0 bridgehead atoms. The fraction of sp³-hybridized carbons (Fsp3) is 0.450. The summed E-state index contributed by atoms with van der Waals surface area (Å²) in [6.45, 7) is 2.78. The van der Waals surface area contributed by atoms with Gasteiger partial charge in [-0.25, -0.2) is 14.6 Å². The van der Waals surface area contributed by atoms with E-state index in [1.807, 2.05) is 6.26 Å². The highest BCUT2D eigenvalue weighted by atomic mass is 32.2. The summed E-state index contributed by atoms with van der Waals surface area (Å²) in [7, 11) is 1.62. The van der Waals surface area contributed by atoms with Crippen LogP contribution in [0.15, 0.2) is 34.5 Å². The maximum Gasteiger partial charge on any atom is 0.263 e. The van der Waals surface area contributed by atoms with Gasteiger partial charge in [0.1, 0.15) is 11.4 Å². The number of rotatable bonds is 6. The van der Waals surface area contributed by atoms with E-state index in [2.05, 4.69) is 20.3 Å². The molecule has 3 aromatic rings. The van der Waals surface area contributed by atoms with Gasteiger partial charge in [-0.1, -0.05) is 11.8 Å². The highest BCUT2D eigenvalue weighted by molar-refractivity contribution is 7.98. The van der Waals surface area contributed by atoms with Crippen molar-refractivity contribution in [3.05, 3.63) is 40.4 Å². The number of amides is 1. The smallest absolute Gasteiger partial charge is 0.263 e. The van der Waals surface area contributed by atoms with Crippen molar-refractivity contribution >= 4 is 34.5 Å². The van der Waals surface area contributed by atoms with Gasteiger partial charge in [0.15, 0.2) is 10.8 Å². The van der Waals surface area contributed by atoms with Crippen molar-refractivity contribution in [3.8, 4) is 0 Å². The van der Waals surface area contributed by atoms with Crippen LogP contribution >= 0.6 is 11.8 Å². The first-order valence-electron chi connectivity index (χ1n) is 10.0. The Morgan fingerprint density at radius 3 is 2.80 bits per heavy atom. The highest BCUT2D eigenvalue weighted by Gasteiger charge is 2.20. The zero-order valence-electron chi connectivity index (χ0n) is 17.2. The van der Waals surface area contributed by atoms with Crippen molar-refractivity contribution in [1.29, 1.82) is 0 Å². The molecule has 0 unspecified atom stereocenters. The lowest BCUT2D eigenvalue weighted by molar-refractivity contribution is 0.0950. The second-order valence-electron chi connectivity index (χ2n) is 7.28. The lowest BCUT2D eigenvalue weighted by atomic mass is 10.1. The normalized spacial score (nSPS) is 14.3. The fourth-order valence-electron chi connectivity index (χ4n) is 3.66. The Labute approximate surface area is 178 Å². The van der Waals surface area contributed by atoms with Crippen LogP contribution in [0.3, 0.4) is 0 Å². The van der Waals surface area contributed by atoms with Crippen molar-refractivity contribution in [2.75, 3.05) is 30.8 Å². The summed E-state index contributed by atoms with van der Waals surface area (Å²) in [6.07, 6.45) is 8.97. The molecule has 10 heteroatoms. The number of hydrogen-bond donors (Lipinski definition) is 1. The molecule has 0 spiro atoms. The lowest BCUT2D eigenvalue weighted by Gasteiger charge is -2.28.